The lowest BCUT2D eigenvalue weighted by Crippen LogP contribution is -2.23. The van der Waals surface area contributed by atoms with E-state index in [9.17, 15) is 4.79 Å². The van der Waals surface area contributed by atoms with Crippen molar-refractivity contribution in [2.75, 3.05) is 20.8 Å². The second-order valence-electron chi connectivity index (χ2n) is 9.49. The van der Waals surface area contributed by atoms with Crippen LogP contribution in [0.4, 0.5) is 0 Å². The Bertz CT molecular complexity index is 2120. The van der Waals surface area contributed by atoms with Crippen molar-refractivity contribution < 1.29 is 14.2 Å². The van der Waals surface area contributed by atoms with Gasteiger partial charge in [0.15, 0.2) is 17.3 Å². The van der Waals surface area contributed by atoms with Gasteiger partial charge in [-0.15, -0.1) is 5.10 Å². The van der Waals surface area contributed by atoms with Crippen molar-refractivity contribution in [3.8, 4) is 34.2 Å². The SMILES string of the molecule is C=CCOc1ccc(/C=C/c2nc3s/c(=C\c4cn(-c5ccccc5)nc4-c4ccc(OC)c(Cl)c4)c(=O)n3n2)cc1OC. The fourth-order valence-electron chi connectivity index (χ4n) is 4.53. The first-order chi connectivity index (χ1) is 21.5. The maximum Gasteiger partial charge on any atom is 0.291 e. The van der Waals surface area contributed by atoms with Crippen LogP contribution in [0.3, 0.4) is 0 Å². The molecule has 0 atom stereocenters. The topological polar surface area (TPSA) is 92.8 Å². The van der Waals surface area contributed by atoms with E-state index in [4.69, 9.17) is 30.9 Å². The maximum absolute atomic E-state index is 13.4. The molecule has 0 bridgehead atoms. The van der Waals surface area contributed by atoms with Crippen LogP contribution >= 0.6 is 22.9 Å². The van der Waals surface area contributed by atoms with Crippen LogP contribution in [0.2, 0.25) is 5.02 Å². The van der Waals surface area contributed by atoms with Gasteiger partial charge in [0.1, 0.15) is 18.1 Å². The summed E-state index contributed by atoms with van der Waals surface area (Å²) in [6, 6.07) is 20.8. The summed E-state index contributed by atoms with van der Waals surface area (Å²) in [5.41, 5.74) is 3.67. The number of thiazole rings is 1. The molecule has 6 aromatic rings. The molecule has 0 unspecified atom stereocenters. The number of halogens is 1. The van der Waals surface area contributed by atoms with Gasteiger partial charge in [0.05, 0.1) is 29.5 Å². The molecule has 6 rings (SSSR count). The minimum Gasteiger partial charge on any atom is -0.495 e. The lowest BCUT2D eigenvalue weighted by molar-refractivity contribution is 0.326. The zero-order valence-electron chi connectivity index (χ0n) is 23.8. The third-order valence-electron chi connectivity index (χ3n) is 6.64. The molecule has 11 heteroatoms. The van der Waals surface area contributed by atoms with E-state index in [1.807, 2.05) is 66.9 Å². The lowest BCUT2D eigenvalue weighted by atomic mass is 10.1. The average Bonchev–Trinajstić information content (AvgIpc) is 3.74. The molecule has 3 aromatic heterocycles. The van der Waals surface area contributed by atoms with Crippen LogP contribution in [0.1, 0.15) is 17.0 Å². The third-order valence-corrected chi connectivity index (χ3v) is 7.90. The van der Waals surface area contributed by atoms with Gasteiger partial charge >= 0.3 is 0 Å². The van der Waals surface area contributed by atoms with Crippen molar-refractivity contribution in [3.63, 3.8) is 0 Å². The number of para-hydroxylation sites is 1. The summed E-state index contributed by atoms with van der Waals surface area (Å²) in [7, 11) is 3.15. The van der Waals surface area contributed by atoms with Gasteiger partial charge in [-0.2, -0.15) is 14.6 Å². The monoisotopic (exact) mass is 623 g/mol. The van der Waals surface area contributed by atoms with Gasteiger partial charge in [0.2, 0.25) is 4.96 Å². The normalized spacial score (nSPS) is 11.8. The van der Waals surface area contributed by atoms with Gasteiger partial charge in [-0.05, 0) is 60.2 Å². The van der Waals surface area contributed by atoms with Gasteiger partial charge < -0.3 is 14.2 Å². The molecule has 0 saturated carbocycles. The van der Waals surface area contributed by atoms with Crippen LogP contribution in [0.5, 0.6) is 17.2 Å². The number of methoxy groups -OCH3 is 2. The number of ether oxygens (including phenoxy) is 3. The molecule has 3 aromatic carbocycles. The number of hydrogen-bond acceptors (Lipinski definition) is 8. The second kappa shape index (κ2) is 12.6. The molecule has 0 amide bonds. The first kappa shape index (κ1) is 28.9. The summed E-state index contributed by atoms with van der Waals surface area (Å²) in [6.45, 7) is 4.05. The van der Waals surface area contributed by atoms with Crippen molar-refractivity contribution in [3.05, 3.63) is 122 Å². The Hall–Kier alpha value is -5.19. The van der Waals surface area contributed by atoms with E-state index in [1.165, 1.54) is 15.9 Å². The molecule has 44 heavy (non-hydrogen) atoms. The summed E-state index contributed by atoms with van der Waals surface area (Å²) >= 11 is 7.70. The first-order valence-electron chi connectivity index (χ1n) is 13.5. The third kappa shape index (κ3) is 5.85. The summed E-state index contributed by atoms with van der Waals surface area (Å²) < 4.78 is 19.9. The highest BCUT2D eigenvalue weighted by atomic mass is 35.5. The van der Waals surface area contributed by atoms with Gasteiger partial charge in [-0.25, -0.2) is 4.68 Å². The predicted molar refractivity (Wildman–Crippen MR) is 174 cm³/mol. The van der Waals surface area contributed by atoms with E-state index in [2.05, 4.69) is 16.7 Å². The fraction of sp³-hybridized carbons (Fsp3) is 0.0909. The molecule has 0 spiro atoms. The molecule has 0 fully saturated rings. The summed E-state index contributed by atoms with van der Waals surface area (Å²) in [4.78, 5) is 18.4. The number of aromatic nitrogens is 5. The van der Waals surface area contributed by atoms with Crippen LogP contribution in [0.15, 0.2) is 90.4 Å². The molecule has 0 saturated heterocycles. The minimum absolute atomic E-state index is 0.270. The smallest absolute Gasteiger partial charge is 0.291 e. The number of fused-ring (bicyclic) bond motifs is 1. The number of nitrogens with zero attached hydrogens (tertiary/aromatic N) is 5. The van der Waals surface area contributed by atoms with Crippen LogP contribution in [-0.2, 0) is 0 Å². The van der Waals surface area contributed by atoms with Crippen molar-refractivity contribution in [1.29, 1.82) is 0 Å². The fourth-order valence-corrected chi connectivity index (χ4v) is 5.69. The zero-order chi connectivity index (χ0) is 30.6. The Morgan fingerprint density at radius 1 is 0.955 bits per heavy atom. The van der Waals surface area contributed by atoms with Crippen LogP contribution in [0.25, 0.3) is 40.1 Å². The molecule has 3 heterocycles. The lowest BCUT2D eigenvalue weighted by Gasteiger charge is -2.09. The van der Waals surface area contributed by atoms with Gasteiger partial charge in [-0.3, -0.25) is 4.79 Å². The quantitative estimate of drug-likeness (QED) is 0.174. The Labute approximate surface area is 261 Å². The molecular formula is C33H26ClN5O4S. The van der Waals surface area contributed by atoms with E-state index in [0.29, 0.717) is 49.9 Å². The van der Waals surface area contributed by atoms with E-state index in [-0.39, 0.29) is 5.56 Å². The van der Waals surface area contributed by atoms with E-state index >= 15 is 0 Å². The van der Waals surface area contributed by atoms with Gasteiger partial charge in [-0.1, -0.05) is 65.9 Å². The van der Waals surface area contributed by atoms with Crippen molar-refractivity contribution in [2.45, 2.75) is 0 Å². The highest BCUT2D eigenvalue weighted by molar-refractivity contribution is 7.15. The summed E-state index contributed by atoms with van der Waals surface area (Å²) in [6.07, 6.45) is 8.96. The number of rotatable bonds is 10. The molecule has 0 radical (unpaired) electrons. The standard InChI is InChI=1S/C33H26ClN5O4S/c1-4-16-43-27-13-10-21(17-28(27)42-3)11-15-30-35-33-39(36-30)32(40)29(44-33)19-23-20-38(24-8-6-5-7-9-24)37-31(23)22-12-14-26(41-2)25(34)18-22/h4-15,17-20H,1,16H2,2-3H3/b15-11+,29-19-. The Kier molecular flexibility index (Phi) is 8.27. The summed E-state index contributed by atoms with van der Waals surface area (Å²) in [5.74, 6) is 2.20. The largest absolute Gasteiger partial charge is 0.495 e. The van der Waals surface area contributed by atoms with E-state index < -0.39 is 0 Å². The van der Waals surface area contributed by atoms with E-state index in [1.54, 1.807) is 49.3 Å². The van der Waals surface area contributed by atoms with Crippen LogP contribution in [-0.4, -0.2) is 45.2 Å². The highest BCUT2D eigenvalue weighted by Crippen LogP contribution is 2.32. The van der Waals surface area contributed by atoms with Crippen molar-refractivity contribution in [2.24, 2.45) is 0 Å². The number of hydrogen-bond donors (Lipinski definition) is 0. The molecule has 0 aliphatic carbocycles. The van der Waals surface area contributed by atoms with E-state index in [0.717, 1.165) is 22.4 Å². The zero-order valence-corrected chi connectivity index (χ0v) is 25.4. The molecule has 220 valence electrons. The first-order valence-corrected chi connectivity index (χ1v) is 14.7. The molecule has 0 N–H and O–H groups in total. The van der Waals surface area contributed by atoms with Gasteiger partial charge in [0, 0.05) is 17.3 Å². The minimum atomic E-state index is -0.270. The van der Waals surface area contributed by atoms with Crippen LogP contribution < -0.4 is 24.3 Å². The Balaban J connectivity index is 1.35. The Morgan fingerprint density at radius 3 is 2.48 bits per heavy atom. The van der Waals surface area contributed by atoms with Crippen molar-refractivity contribution in [1.82, 2.24) is 24.4 Å². The molecule has 9 nitrogen and oxygen atoms in total. The van der Waals surface area contributed by atoms with Crippen LogP contribution in [0, 0.1) is 0 Å². The molecule has 0 aliphatic rings. The Morgan fingerprint density at radius 2 is 1.75 bits per heavy atom. The van der Waals surface area contributed by atoms with Crippen molar-refractivity contribution >= 4 is 46.1 Å². The van der Waals surface area contributed by atoms with Gasteiger partial charge in [0.25, 0.3) is 5.56 Å². The highest BCUT2D eigenvalue weighted by Gasteiger charge is 2.15. The molecule has 0 aliphatic heterocycles. The predicted octanol–water partition coefficient (Wildman–Crippen LogP) is 5.96. The second-order valence-corrected chi connectivity index (χ2v) is 10.9. The average molecular weight is 624 g/mol. The molecular weight excluding hydrogens is 598 g/mol. The maximum atomic E-state index is 13.4. The number of benzene rings is 3. The summed E-state index contributed by atoms with van der Waals surface area (Å²) in [5, 5.41) is 9.73.